The van der Waals surface area contributed by atoms with Gasteiger partial charge in [0.05, 0.1) is 5.69 Å². The highest BCUT2D eigenvalue weighted by Gasteiger charge is 2.11. The average molecular weight is 228 g/mol. The molecule has 4 heteroatoms. The number of nitrogens with two attached hydrogens (primary N) is 1. The Morgan fingerprint density at radius 1 is 1.18 bits per heavy atom. The van der Waals surface area contributed by atoms with Crippen LogP contribution >= 0.6 is 0 Å². The van der Waals surface area contributed by atoms with Crippen LogP contribution in [0, 0.1) is 0 Å². The normalized spacial score (nSPS) is 9.88. The minimum Gasteiger partial charge on any atom is -0.456 e. The molecule has 0 radical (unpaired) electrons. The fourth-order valence-corrected chi connectivity index (χ4v) is 1.38. The highest BCUT2D eigenvalue weighted by Crippen LogP contribution is 2.10. The minimum atomic E-state index is -0.507. The molecular weight excluding hydrogens is 216 g/mol. The van der Waals surface area contributed by atoms with E-state index in [1.54, 1.807) is 12.1 Å². The zero-order valence-electron chi connectivity index (χ0n) is 9.17. The highest BCUT2D eigenvalue weighted by atomic mass is 16.5. The Balaban J connectivity index is 2.01. The SMILES string of the molecule is Nc1cccnc1C(=O)OCc1ccccc1. The van der Waals surface area contributed by atoms with Crippen LogP contribution in [0.5, 0.6) is 0 Å². The van der Waals surface area contributed by atoms with Gasteiger partial charge < -0.3 is 10.5 Å². The van der Waals surface area contributed by atoms with E-state index in [1.165, 1.54) is 6.20 Å². The van der Waals surface area contributed by atoms with Crippen molar-refractivity contribution in [2.45, 2.75) is 6.61 Å². The van der Waals surface area contributed by atoms with E-state index in [2.05, 4.69) is 4.98 Å². The third kappa shape index (κ3) is 2.81. The van der Waals surface area contributed by atoms with Crippen LogP contribution in [-0.2, 0) is 11.3 Å². The van der Waals surface area contributed by atoms with E-state index in [-0.39, 0.29) is 12.3 Å². The van der Waals surface area contributed by atoms with Crippen molar-refractivity contribution in [1.29, 1.82) is 0 Å². The van der Waals surface area contributed by atoms with Crippen molar-refractivity contribution in [2.75, 3.05) is 5.73 Å². The summed E-state index contributed by atoms with van der Waals surface area (Å²) in [6.07, 6.45) is 1.51. The van der Waals surface area contributed by atoms with Crippen molar-refractivity contribution in [1.82, 2.24) is 4.98 Å². The van der Waals surface area contributed by atoms with Gasteiger partial charge in [-0.3, -0.25) is 0 Å². The van der Waals surface area contributed by atoms with Crippen molar-refractivity contribution < 1.29 is 9.53 Å². The van der Waals surface area contributed by atoms with Gasteiger partial charge in [0.25, 0.3) is 0 Å². The Hall–Kier alpha value is -2.36. The number of benzene rings is 1. The Labute approximate surface area is 99.1 Å². The van der Waals surface area contributed by atoms with Gasteiger partial charge in [0.15, 0.2) is 5.69 Å². The summed E-state index contributed by atoms with van der Waals surface area (Å²) in [5.41, 5.74) is 7.03. The summed E-state index contributed by atoms with van der Waals surface area (Å²) in [4.78, 5) is 15.6. The van der Waals surface area contributed by atoms with Crippen LogP contribution in [0.2, 0.25) is 0 Å². The number of nitrogen functional groups attached to an aromatic ring is 1. The molecule has 2 rings (SSSR count). The van der Waals surface area contributed by atoms with Crippen LogP contribution in [0.1, 0.15) is 16.1 Å². The fourth-order valence-electron chi connectivity index (χ4n) is 1.38. The van der Waals surface area contributed by atoms with Gasteiger partial charge in [-0.15, -0.1) is 0 Å². The standard InChI is InChI=1S/C13H12N2O2/c14-11-7-4-8-15-12(11)13(16)17-9-10-5-2-1-3-6-10/h1-8H,9,14H2. The molecule has 1 aromatic carbocycles. The van der Waals surface area contributed by atoms with Crippen molar-refractivity contribution in [3.8, 4) is 0 Å². The molecule has 0 amide bonds. The summed E-state index contributed by atoms with van der Waals surface area (Å²) in [5, 5.41) is 0. The highest BCUT2D eigenvalue weighted by molar-refractivity contribution is 5.92. The minimum absolute atomic E-state index is 0.156. The van der Waals surface area contributed by atoms with E-state index >= 15 is 0 Å². The first-order chi connectivity index (χ1) is 8.27. The molecule has 4 nitrogen and oxygen atoms in total. The van der Waals surface area contributed by atoms with E-state index in [0.717, 1.165) is 5.56 Å². The number of hydrogen-bond acceptors (Lipinski definition) is 4. The average Bonchev–Trinajstić information content (AvgIpc) is 2.38. The van der Waals surface area contributed by atoms with Gasteiger partial charge in [0, 0.05) is 6.20 Å². The molecule has 0 atom stereocenters. The smallest absolute Gasteiger partial charge is 0.359 e. The van der Waals surface area contributed by atoms with Crippen molar-refractivity contribution in [2.24, 2.45) is 0 Å². The van der Waals surface area contributed by atoms with E-state index in [4.69, 9.17) is 10.5 Å². The first-order valence-corrected chi connectivity index (χ1v) is 5.19. The predicted octanol–water partition coefficient (Wildman–Crippen LogP) is 2.02. The van der Waals surface area contributed by atoms with Gasteiger partial charge in [-0.25, -0.2) is 9.78 Å². The van der Waals surface area contributed by atoms with Crippen molar-refractivity contribution >= 4 is 11.7 Å². The van der Waals surface area contributed by atoms with Crippen LogP contribution in [0.25, 0.3) is 0 Å². The van der Waals surface area contributed by atoms with Gasteiger partial charge in [0.2, 0.25) is 0 Å². The lowest BCUT2D eigenvalue weighted by atomic mass is 10.2. The number of nitrogens with zero attached hydrogens (tertiary/aromatic N) is 1. The second-order valence-electron chi connectivity index (χ2n) is 3.50. The van der Waals surface area contributed by atoms with Gasteiger partial charge in [-0.05, 0) is 17.7 Å². The van der Waals surface area contributed by atoms with Gasteiger partial charge in [-0.1, -0.05) is 30.3 Å². The maximum Gasteiger partial charge on any atom is 0.359 e. The number of carbonyl (C=O) groups excluding carboxylic acids is 1. The molecule has 0 aliphatic carbocycles. The lowest BCUT2D eigenvalue weighted by Gasteiger charge is -2.05. The van der Waals surface area contributed by atoms with Crippen LogP contribution in [0.15, 0.2) is 48.7 Å². The summed E-state index contributed by atoms with van der Waals surface area (Å²) in [6, 6.07) is 12.7. The number of rotatable bonds is 3. The quantitative estimate of drug-likeness (QED) is 0.816. The maximum absolute atomic E-state index is 11.7. The summed E-state index contributed by atoms with van der Waals surface area (Å²) in [5.74, 6) is -0.507. The Morgan fingerprint density at radius 3 is 2.65 bits per heavy atom. The second-order valence-corrected chi connectivity index (χ2v) is 3.50. The van der Waals surface area contributed by atoms with E-state index in [1.807, 2.05) is 30.3 Å². The molecule has 17 heavy (non-hydrogen) atoms. The van der Waals surface area contributed by atoms with Crippen molar-refractivity contribution in [3.05, 3.63) is 59.9 Å². The van der Waals surface area contributed by atoms with E-state index < -0.39 is 5.97 Å². The van der Waals surface area contributed by atoms with E-state index in [9.17, 15) is 4.79 Å². The number of esters is 1. The number of ether oxygens (including phenoxy) is 1. The molecule has 0 saturated carbocycles. The van der Waals surface area contributed by atoms with Crippen LogP contribution < -0.4 is 5.73 Å². The molecular formula is C13H12N2O2. The molecule has 0 spiro atoms. The third-order valence-electron chi connectivity index (χ3n) is 2.25. The molecule has 1 heterocycles. The van der Waals surface area contributed by atoms with E-state index in [0.29, 0.717) is 5.69 Å². The summed E-state index contributed by atoms with van der Waals surface area (Å²) in [7, 11) is 0. The summed E-state index contributed by atoms with van der Waals surface area (Å²) in [6.45, 7) is 0.218. The largest absolute Gasteiger partial charge is 0.456 e. The lowest BCUT2D eigenvalue weighted by Crippen LogP contribution is -2.10. The summed E-state index contributed by atoms with van der Waals surface area (Å²) >= 11 is 0. The lowest BCUT2D eigenvalue weighted by molar-refractivity contribution is 0.0467. The zero-order chi connectivity index (χ0) is 12.1. The zero-order valence-corrected chi connectivity index (χ0v) is 9.17. The molecule has 0 fully saturated rings. The monoisotopic (exact) mass is 228 g/mol. The number of hydrogen-bond donors (Lipinski definition) is 1. The van der Waals surface area contributed by atoms with Crippen LogP contribution in [0.4, 0.5) is 5.69 Å². The second kappa shape index (κ2) is 5.12. The molecule has 2 aromatic rings. The number of anilines is 1. The number of pyridine rings is 1. The molecule has 86 valence electrons. The molecule has 2 N–H and O–H groups in total. The third-order valence-corrected chi connectivity index (χ3v) is 2.25. The molecule has 1 aromatic heterocycles. The number of aromatic nitrogens is 1. The van der Waals surface area contributed by atoms with Gasteiger partial charge in [-0.2, -0.15) is 0 Å². The first kappa shape index (κ1) is 11.1. The molecule has 0 aliphatic heterocycles. The fraction of sp³-hybridized carbons (Fsp3) is 0.0769. The molecule has 0 bridgehead atoms. The van der Waals surface area contributed by atoms with Gasteiger partial charge >= 0.3 is 5.97 Å². The Kier molecular flexibility index (Phi) is 3.35. The molecule has 0 unspecified atom stereocenters. The number of carbonyl (C=O) groups is 1. The topological polar surface area (TPSA) is 65.2 Å². The predicted molar refractivity (Wildman–Crippen MR) is 64.2 cm³/mol. The summed E-state index contributed by atoms with van der Waals surface area (Å²) < 4.78 is 5.11. The Bertz CT molecular complexity index is 512. The van der Waals surface area contributed by atoms with Gasteiger partial charge in [0.1, 0.15) is 6.61 Å². The maximum atomic E-state index is 11.7. The van der Waals surface area contributed by atoms with Crippen LogP contribution in [-0.4, -0.2) is 11.0 Å². The molecule has 0 saturated heterocycles. The Morgan fingerprint density at radius 2 is 1.94 bits per heavy atom. The molecule has 0 aliphatic rings. The first-order valence-electron chi connectivity index (χ1n) is 5.19. The van der Waals surface area contributed by atoms with Crippen molar-refractivity contribution in [3.63, 3.8) is 0 Å². The van der Waals surface area contributed by atoms with Crippen LogP contribution in [0.3, 0.4) is 0 Å².